The lowest BCUT2D eigenvalue weighted by molar-refractivity contribution is 0.135. The van der Waals surface area contributed by atoms with Gasteiger partial charge in [-0.05, 0) is 57.1 Å². The third-order valence-electron chi connectivity index (χ3n) is 6.58. The van der Waals surface area contributed by atoms with Crippen molar-refractivity contribution in [2.75, 3.05) is 30.4 Å². The molecule has 0 unspecified atom stereocenters. The number of aromatic nitrogens is 2. The Bertz CT molecular complexity index is 1080. The molecule has 2 aromatic rings. The monoisotopic (exact) mass is 543 g/mol. The van der Waals surface area contributed by atoms with Crippen molar-refractivity contribution in [1.29, 1.82) is 0 Å². The second-order valence-corrected chi connectivity index (χ2v) is 10.4. The first kappa shape index (κ1) is 27.1. The summed E-state index contributed by atoms with van der Waals surface area (Å²) in [4.78, 5) is 22.8. The molecular weight excluding hydrogens is 511 g/mol. The number of urea groups is 1. The first-order valence-corrected chi connectivity index (χ1v) is 13.7. The molecule has 37 heavy (non-hydrogen) atoms. The average molecular weight is 544 g/mol. The fraction of sp³-hybridized carbons (Fsp3) is 0.542. The molecule has 0 bridgehead atoms. The minimum Gasteiger partial charge on any atom is -0.494 e. The van der Waals surface area contributed by atoms with Crippen molar-refractivity contribution in [3.8, 4) is 11.6 Å². The third-order valence-corrected chi connectivity index (χ3v) is 7.35. The number of anilines is 2. The van der Waals surface area contributed by atoms with Gasteiger partial charge in [0, 0.05) is 37.0 Å². The Morgan fingerprint density at radius 2 is 1.89 bits per heavy atom. The lowest BCUT2D eigenvalue weighted by Crippen LogP contribution is -2.41. The zero-order chi connectivity index (χ0) is 26.4. The molecule has 2 aliphatic rings. The largest absolute Gasteiger partial charge is 0.494 e. The van der Waals surface area contributed by atoms with E-state index in [-0.39, 0.29) is 29.1 Å². The number of benzene rings is 1. The minimum atomic E-state index is -5.55. The molecule has 9 nitrogen and oxygen atoms in total. The molecule has 1 aromatic carbocycles. The Morgan fingerprint density at radius 1 is 1.16 bits per heavy atom. The standard InChI is InChI=1S/C24H32F3N5O4S/c1-35-22-16(15-33)13-19(37(25,26)27)14-20(22)30-24(34)29-17-5-7-18(8-6-17)36-21-9-10-28-23(31-21)32-11-3-2-4-12-32/h9-10,13-14,17-18,33H,2-8,11-12,15H2,1H3,(H2,29,30,34). The van der Waals surface area contributed by atoms with E-state index in [0.717, 1.165) is 38.1 Å². The minimum absolute atomic E-state index is 0.00377. The molecule has 2 amide bonds. The molecule has 2 fully saturated rings. The number of nitrogens with one attached hydrogen (secondary N) is 2. The molecule has 13 heteroatoms. The van der Waals surface area contributed by atoms with Crippen LogP contribution in [0.4, 0.5) is 28.1 Å². The number of nitrogens with zero attached hydrogens (tertiary/aromatic N) is 3. The number of carbonyl (C=O) groups excluding carboxylic acids is 1. The van der Waals surface area contributed by atoms with Gasteiger partial charge in [0.15, 0.2) is 0 Å². The van der Waals surface area contributed by atoms with Gasteiger partial charge < -0.3 is 30.1 Å². The summed E-state index contributed by atoms with van der Waals surface area (Å²) >= 11 is -5.55. The maximum absolute atomic E-state index is 13.4. The highest BCUT2D eigenvalue weighted by atomic mass is 32.3. The number of rotatable bonds is 8. The van der Waals surface area contributed by atoms with Crippen molar-refractivity contribution in [3.63, 3.8) is 0 Å². The second-order valence-electron chi connectivity index (χ2n) is 9.16. The van der Waals surface area contributed by atoms with Crippen LogP contribution in [-0.2, 0) is 6.61 Å². The van der Waals surface area contributed by atoms with Gasteiger partial charge in [-0.1, -0.05) is 0 Å². The number of hydrogen-bond donors (Lipinski definition) is 3. The van der Waals surface area contributed by atoms with Crippen molar-refractivity contribution < 1.29 is 31.0 Å². The molecule has 1 saturated heterocycles. The number of methoxy groups -OCH3 is 1. The number of halogens is 3. The highest BCUT2D eigenvalue weighted by molar-refractivity contribution is 8.20. The molecule has 0 spiro atoms. The Morgan fingerprint density at radius 3 is 2.54 bits per heavy atom. The molecule has 1 aliphatic carbocycles. The van der Waals surface area contributed by atoms with Gasteiger partial charge >= 0.3 is 6.03 Å². The van der Waals surface area contributed by atoms with E-state index in [0.29, 0.717) is 37.5 Å². The van der Waals surface area contributed by atoms with Crippen LogP contribution in [0.5, 0.6) is 11.6 Å². The Kier molecular flexibility index (Phi) is 8.85. The van der Waals surface area contributed by atoms with Crippen molar-refractivity contribution in [1.82, 2.24) is 15.3 Å². The van der Waals surface area contributed by atoms with Crippen LogP contribution in [0.3, 0.4) is 0 Å². The second kappa shape index (κ2) is 12.1. The Hall–Kier alpha value is -2.93. The first-order chi connectivity index (χ1) is 17.8. The predicted octanol–water partition coefficient (Wildman–Crippen LogP) is 5.30. The van der Waals surface area contributed by atoms with Crippen LogP contribution in [0.1, 0.15) is 50.5 Å². The van der Waals surface area contributed by atoms with E-state index in [1.807, 2.05) is 0 Å². The fourth-order valence-electron chi connectivity index (χ4n) is 4.73. The summed E-state index contributed by atoms with van der Waals surface area (Å²) in [5.74, 6) is 1.21. The summed E-state index contributed by atoms with van der Waals surface area (Å²) in [6, 6.07) is 2.62. The van der Waals surface area contributed by atoms with E-state index < -0.39 is 28.7 Å². The third kappa shape index (κ3) is 7.10. The van der Waals surface area contributed by atoms with Crippen LogP contribution in [0, 0.1) is 0 Å². The molecule has 1 aromatic heterocycles. The molecule has 1 aliphatic heterocycles. The van der Waals surface area contributed by atoms with E-state index in [1.165, 1.54) is 13.5 Å². The maximum Gasteiger partial charge on any atom is 0.319 e. The summed E-state index contributed by atoms with van der Waals surface area (Å²) in [7, 11) is 1.27. The van der Waals surface area contributed by atoms with Gasteiger partial charge in [0.05, 0.1) is 24.3 Å². The van der Waals surface area contributed by atoms with E-state index in [4.69, 9.17) is 9.47 Å². The van der Waals surface area contributed by atoms with Gasteiger partial charge in [0.1, 0.15) is 11.9 Å². The van der Waals surface area contributed by atoms with Crippen molar-refractivity contribution in [2.24, 2.45) is 0 Å². The lowest BCUT2D eigenvalue weighted by Gasteiger charge is -2.30. The molecule has 4 rings (SSSR count). The van der Waals surface area contributed by atoms with Gasteiger partial charge in [-0.3, -0.25) is 0 Å². The summed E-state index contributed by atoms with van der Waals surface area (Å²) in [5.41, 5.74) is -0.192. The number of carbonyl (C=O) groups is 1. The lowest BCUT2D eigenvalue weighted by atomic mass is 9.93. The van der Waals surface area contributed by atoms with Crippen LogP contribution >= 0.6 is 11.2 Å². The molecule has 3 N–H and O–H groups in total. The van der Waals surface area contributed by atoms with Crippen LogP contribution in [0.2, 0.25) is 0 Å². The summed E-state index contributed by atoms with van der Waals surface area (Å²) < 4.78 is 51.3. The number of amides is 2. The van der Waals surface area contributed by atoms with Crippen molar-refractivity contribution >= 4 is 28.9 Å². The number of aliphatic hydroxyl groups is 1. The topological polar surface area (TPSA) is 109 Å². The predicted molar refractivity (Wildman–Crippen MR) is 135 cm³/mol. The molecule has 204 valence electrons. The van der Waals surface area contributed by atoms with Gasteiger partial charge in [-0.2, -0.15) is 4.98 Å². The molecular formula is C24H32F3N5O4S. The number of ether oxygens (including phenoxy) is 2. The zero-order valence-electron chi connectivity index (χ0n) is 20.6. The number of aliphatic hydroxyl groups excluding tert-OH is 1. The normalized spacial score (nSPS) is 20.7. The van der Waals surface area contributed by atoms with Crippen LogP contribution in [0.15, 0.2) is 29.3 Å². The van der Waals surface area contributed by atoms with Crippen LogP contribution in [-0.4, -0.2) is 53.5 Å². The maximum atomic E-state index is 13.4. The van der Waals surface area contributed by atoms with Gasteiger partial charge in [-0.15, -0.1) is 11.7 Å². The number of piperidine rings is 1. The summed E-state index contributed by atoms with van der Waals surface area (Å²) in [6.07, 6.45) is 7.81. The Balaban J connectivity index is 1.31. The fourth-order valence-corrected chi connectivity index (χ4v) is 5.26. The summed E-state index contributed by atoms with van der Waals surface area (Å²) in [5, 5.41) is 14.8. The highest BCUT2D eigenvalue weighted by Crippen LogP contribution is 2.61. The van der Waals surface area contributed by atoms with Crippen molar-refractivity contribution in [2.45, 2.75) is 68.6 Å². The van der Waals surface area contributed by atoms with Gasteiger partial charge in [-0.25, -0.2) is 9.78 Å². The summed E-state index contributed by atoms with van der Waals surface area (Å²) in [6.45, 7) is 1.23. The van der Waals surface area contributed by atoms with Crippen LogP contribution in [0.25, 0.3) is 0 Å². The molecule has 0 radical (unpaired) electrons. The molecule has 2 heterocycles. The first-order valence-electron chi connectivity index (χ1n) is 12.3. The zero-order valence-corrected chi connectivity index (χ0v) is 21.4. The van der Waals surface area contributed by atoms with E-state index in [1.54, 1.807) is 12.3 Å². The Labute approximate surface area is 216 Å². The smallest absolute Gasteiger partial charge is 0.319 e. The van der Waals surface area contributed by atoms with Gasteiger partial charge in [0.25, 0.3) is 0 Å². The van der Waals surface area contributed by atoms with Crippen molar-refractivity contribution in [3.05, 3.63) is 30.0 Å². The average Bonchev–Trinajstić information content (AvgIpc) is 2.89. The molecule has 0 atom stereocenters. The quantitative estimate of drug-likeness (QED) is 0.415. The van der Waals surface area contributed by atoms with E-state index in [2.05, 4.69) is 25.5 Å². The highest BCUT2D eigenvalue weighted by Gasteiger charge is 2.29. The molecule has 1 saturated carbocycles. The van der Waals surface area contributed by atoms with E-state index >= 15 is 0 Å². The van der Waals surface area contributed by atoms with Gasteiger partial charge in [0.2, 0.25) is 23.0 Å². The SMILES string of the molecule is COc1c(CO)cc(S(F)(F)F)cc1NC(=O)NC1CCC(Oc2ccnc(N3CCCCC3)n2)CC1. The van der Waals surface area contributed by atoms with Crippen LogP contribution < -0.4 is 25.0 Å². The van der Waals surface area contributed by atoms with E-state index in [9.17, 15) is 21.6 Å². The number of hydrogen-bond acceptors (Lipinski definition) is 7.